The van der Waals surface area contributed by atoms with Gasteiger partial charge < -0.3 is 14.2 Å². The number of rotatable bonds is 7. The van der Waals surface area contributed by atoms with Gasteiger partial charge in [0.1, 0.15) is 24.2 Å². The van der Waals surface area contributed by atoms with E-state index >= 15 is 0 Å². The molecule has 0 bridgehead atoms. The van der Waals surface area contributed by atoms with Crippen LogP contribution in [0.2, 0.25) is 0 Å². The Morgan fingerprint density at radius 2 is 2.19 bits per heavy atom. The lowest BCUT2D eigenvalue weighted by Crippen LogP contribution is -2.49. The van der Waals surface area contributed by atoms with Crippen molar-refractivity contribution >= 4 is 25.5 Å². The molecule has 2 saturated heterocycles. The van der Waals surface area contributed by atoms with E-state index in [9.17, 15) is 18.9 Å². The van der Waals surface area contributed by atoms with Crippen LogP contribution >= 0.6 is 7.82 Å². The van der Waals surface area contributed by atoms with Crippen molar-refractivity contribution in [2.24, 2.45) is 5.41 Å². The molecular formula is C19H24NO10P. The molecule has 0 N–H and O–H groups in total. The highest BCUT2D eigenvalue weighted by molar-refractivity contribution is 7.48. The molecule has 0 aromatic rings. The predicted molar refractivity (Wildman–Crippen MR) is 103 cm³/mol. The number of phosphoric ester groups is 1. The van der Waals surface area contributed by atoms with Gasteiger partial charge in [-0.15, -0.1) is 6.42 Å². The Morgan fingerprint density at radius 1 is 1.45 bits per heavy atom. The number of amides is 1. The van der Waals surface area contributed by atoms with Gasteiger partial charge in [0.25, 0.3) is 0 Å². The fourth-order valence-corrected chi connectivity index (χ4v) is 4.76. The van der Waals surface area contributed by atoms with Gasteiger partial charge in [0.15, 0.2) is 18.8 Å². The van der Waals surface area contributed by atoms with Gasteiger partial charge in [-0.1, -0.05) is 5.92 Å². The Hall–Kier alpha value is -2.06. The van der Waals surface area contributed by atoms with Crippen molar-refractivity contribution in [2.45, 2.75) is 51.7 Å². The van der Waals surface area contributed by atoms with Gasteiger partial charge in [0.2, 0.25) is 5.91 Å². The molecule has 170 valence electrons. The average molecular weight is 457 g/mol. The molecular weight excluding hydrogens is 433 g/mol. The lowest BCUT2D eigenvalue weighted by molar-refractivity contribution is -0.156. The lowest BCUT2D eigenvalue weighted by atomic mass is 9.82. The van der Waals surface area contributed by atoms with Gasteiger partial charge in [0, 0.05) is 6.20 Å². The SMILES string of the molecule is C#C[C@]1(C)[C@@H]2O[P@](=O)(OCOCC(=O)OC(C)C)OC[C@H]2O[C@H]1N1C=CC(=O)CC1=O. The van der Waals surface area contributed by atoms with Crippen molar-refractivity contribution in [3.05, 3.63) is 12.3 Å². The summed E-state index contributed by atoms with van der Waals surface area (Å²) in [5.74, 6) is 1.17. The molecule has 3 aliphatic heterocycles. The first-order chi connectivity index (χ1) is 14.6. The minimum Gasteiger partial charge on any atom is -0.461 e. The fourth-order valence-electron chi connectivity index (χ4n) is 3.40. The summed E-state index contributed by atoms with van der Waals surface area (Å²) in [4.78, 5) is 36.5. The molecule has 0 spiro atoms. The van der Waals surface area contributed by atoms with Crippen molar-refractivity contribution in [3.8, 4) is 12.3 Å². The van der Waals surface area contributed by atoms with E-state index in [1.165, 1.54) is 17.2 Å². The van der Waals surface area contributed by atoms with E-state index in [-0.39, 0.29) is 24.9 Å². The summed E-state index contributed by atoms with van der Waals surface area (Å²) in [6.07, 6.45) is 5.11. The van der Waals surface area contributed by atoms with E-state index in [4.69, 9.17) is 34.2 Å². The van der Waals surface area contributed by atoms with Crippen LogP contribution in [0.1, 0.15) is 27.2 Å². The van der Waals surface area contributed by atoms with E-state index in [2.05, 4.69) is 5.92 Å². The topological polar surface area (TPSA) is 127 Å². The lowest BCUT2D eigenvalue weighted by Gasteiger charge is -2.37. The molecule has 1 amide bonds. The smallest absolute Gasteiger partial charge is 0.461 e. The monoisotopic (exact) mass is 457 g/mol. The van der Waals surface area contributed by atoms with Crippen molar-refractivity contribution in [1.82, 2.24) is 4.90 Å². The summed E-state index contributed by atoms with van der Waals surface area (Å²) in [6.45, 7) is 3.88. The molecule has 0 unspecified atom stereocenters. The molecule has 5 atom stereocenters. The minimum absolute atomic E-state index is 0.171. The molecule has 11 nitrogen and oxygen atoms in total. The van der Waals surface area contributed by atoms with Crippen molar-refractivity contribution in [3.63, 3.8) is 0 Å². The molecule has 3 rings (SSSR count). The number of hydrogen-bond donors (Lipinski definition) is 0. The summed E-state index contributed by atoms with van der Waals surface area (Å²) < 4.78 is 44.5. The Kier molecular flexibility index (Phi) is 7.01. The number of esters is 1. The number of allylic oxidation sites excluding steroid dienone is 1. The van der Waals surface area contributed by atoms with Crippen molar-refractivity contribution in [1.29, 1.82) is 0 Å². The van der Waals surface area contributed by atoms with Crippen LogP contribution in [0, 0.1) is 17.8 Å². The van der Waals surface area contributed by atoms with Crippen LogP contribution in [0.3, 0.4) is 0 Å². The minimum atomic E-state index is -4.08. The number of ether oxygens (including phenoxy) is 3. The van der Waals surface area contributed by atoms with Gasteiger partial charge >= 0.3 is 13.8 Å². The third kappa shape index (κ3) is 5.06. The maximum atomic E-state index is 12.9. The first-order valence-electron chi connectivity index (χ1n) is 9.58. The number of carbonyl (C=O) groups excluding carboxylic acids is 3. The van der Waals surface area contributed by atoms with Gasteiger partial charge in [-0.2, -0.15) is 0 Å². The molecule has 2 fully saturated rings. The van der Waals surface area contributed by atoms with Crippen LogP contribution in [-0.4, -0.2) is 67.1 Å². The van der Waals surface area contributed by atoms with Crippen LogP contribution in [0.4, 0.5) is 0 Å². The van der Waals surface area contributed by atoms with Crippen LogP contribution in [0.25, 0.3) is 0 Å². The van der Waals surface area contributed by atoms with Crippen LogP contribution in [0.5, 0.6) is 0 Å². The van der Waals surface area contributed by atoms with Gasteiger partial charge in [0.05, 0.1) is 19.1 Å². The number of carbonyl (C=O) groups is 3. The van der Waals surface area contributed by atoms with Crippen LogP contribution < -0.4 is 0 Å². The summed E-state index contributed by atoms with van der Waals surface area (Å²) in [6, 6.07) is 0. The highest BCUT2D eigenvalue weighted by Gasteiger charge is 2.61. The van der Waals surface area contributed by atoms with Gasteiger partial charge in [-0.05, 0) is 26.8 Å². The van der Waals surface area contributed by atoms with Gasteiger partial charge in [-0.3, -0.25) is 28.1 Å². The molecule has 0 aromatic carbocycles. The molecule has 3 aliphatic rings. The zero-order valence-electron chi connectivity index (χ0n) is 17.3. The van der Waals surface area contributed by atoms with Gasteiger partial charge in [-0.25, -0.2) is 9.36 Å². The van der Waals surface area contributed by atoms with E-state index < -0.39 is 56.9 Å². The second-order valence-electron chi connectivity index (χ2n) is 7.62. The fraction of sp³-hybridized carbons (Fsp3) is 0.632. The van der Waals surface area contributed by atoms with Crippen LogP contribution in [0.15, 0.2) is 12.3 Å². The highest BCUT2D eigenvalue weighted by Crippen LogP contribution is 2.59. The molecule has 0 saturated carbocycles. The standard InChI is InChI=1S/C19H24NO10P/c1-5-19(4)17-14(29-18(19)20-7-6-13(21)8-15(20)22)9-26-31(24,30-17)27-11-25-10-16(23)28-12(2)3/h1,6-7,12,14,17-18H,8-11H2,2-4H3/t14-,17-,18-,19-,31+/m1/s1. The largest absolute Gasteiger partial charge is 0.477 e. The molecule has 0 aromatic heterocycles. The number of hydrogen-bond acceptors (Lipinski definition) is 10. The maximum absolute atomic E-state index is 12.9. The quantitative estimate of drug-likeness (QED) is 0.137. The molecule has 0 aliphatic carbocycles. The normalized spacial score (nSPS) is 35.2. The summed E-state index contributed by atoms with van der Waals surface area (Å²) in [5.41, 5.74) is -1.21. The van der Waals surface area contributed by atoms with E-state index in [1.54, 1.807) is 20.8 Å². The number of phosphoric acid groups is 1. The second-order valence-corrected chi connectivity index (χ2v) is 9.24. The van der Waals surface area contributed by atoms with E-state index in [1.807, 2.05) is 0 Å². The first kappa shape index (κ1) is 23.6. The summed E-state index contributed by atoms with van der Waals surface area (Å²) >= 11 is 0. The average Bonchev–Trinajstić information content (AvgIpc) is 2.97. The molecule has 31 heavy (non-hydrogen) atoms. The third-order valence-corrected chi connectivity index (χ3v) is 6.24. The van der Waals surface area contributed by atoms with E-state index in [0.29, 0.717) is 0 Å². The second kappa shape index (κ2) is 9.20. The zero-order valence-corrected chi connectivity index (χ0v) is 18.2. The number of terminal acetylenes is 1. The number of fused-ring (bicyclic) bond motifs is 1. The zero-order chi connectivity index (χ0) is 22.8. The Labute approximate surface area is 179 Å². The molecule has 0 radical (unpaired) electrons. The Bertz CT molecular complexity index is 864. The number of ketones is 1. The Balaban J connectivity index is 1.64. The predicted octanol–water partition coefficient (Wildman–Crippen LogP) is 1.13. The first-order valence-corrected chi connectivity index (χ1v) is 11.0. The summed E-state index contributed by atoms with van der Waals surface area (Å²) in [7, 11) is -4.08. The van der Waals surface area contributed by atoms with E-state index in [0.717, 1.165) is 0 Å². The molecule has 3 heterocycles. The van der Waals surface area contributed by atoms with Crippen molar-refractivity contribution < 1.29 is 46.7 Å². The maximum Gasteiger partial charge on any atom is 0.477 e. The van der Waals surface area contributed by atoms with Crippen molar-refractivity contribution in [2.75, 3.05) is 20.0 Å². The Morgan fingerprint density at radius 3 is 2.84 bits per heavy atom. The highest BCUT2D eigenvalue weighted by atomic mass is 31.2. The number of nitrogens with zero attached hydrogens (tertiary/aromatic N) is 1. The summed E-state index contributed by atoms with van der Waals surface area (Å²) in [5, 5.41) is 0. The van der Waals surface area contributed by atoms with Crippen LogP contribution in [-0.2, 0) is 46.7 Å². The molecule has 12 heteroatoms. The third-order valence-electron chi connectivity index (χ3n) is 4.86.